The Balaban J connectivity index is 1.94. The number of nitrogens with zero attached hydrogens (tertiary/aromatic N) is 2. The summed E-state index contributed by atoms with van der Waals surface area (Å²) in [6, 6.07) is 4.67. The van der Waals surface area contributed by atoms with E-state index in [1.165, 1.54) is 5.56 Å². The normalized spacial score (nSPS) is 18.9. The van der Waals surface area contributed by atoms with Crippen molar-refractivity contribution in [2.45, 2.75) is 19.4 Å². The topological polar surface area (TPSA) is 37.4 Å². The highest BCUT2D eigenvalue weighted by Crippen LogP contribution is 2.13. The minimum atomic E-state index is 0.573. The van der Waals surface area contributed by atoms with Gasteiger partial charge in [0.15, 0.2) is 0 Å². The van der Waals surface area contributed by atoms with Gasteiger partial charge in [-0.15, -0.1) is 0 Å². The predicted molar refractivity (Wildman–Crippen MR) is 68.4 cm³/mol. The molecule has 1 unspecified atom stereocenters. The van der Waals surface area contributed by atoms with E-state index < -0.39 is 0 Å². The molecule has 1 aromatic rings. The molecular weight excluding hydrogens is 214 g/mol. The molecule has 94 valence electrons. The highest BCUT2D eigenvalue weighted by molar-refractivity contribution is 5.21. The Morgan fingerprint density at radius 3 is 2.94 bits per heavy atom. The highest BCUT2D eigenvalue weighted by atomic mass is 16.5. The zero-order valence-corrected chi connectivity index (χ0v) is 10.6. The van der Waals surface area contributed by atoms with E-state index >= 15 is 0 Å². The number of hydrogen-bond acceptors (Lipinski definition) is 4. The lowest BCUT2D eigenvalue weighted by atomic mass is 10.1. The maximum Gasteiger partial charge on any atom is 0.213 e. The van der Waals surface area contributed by atoms with Crippen LogP contribution in [0.1, 0.15) is 12.5 Å². The molecule has 1 saturated heterocycles. The molecule has 1 aliphatic heterocycles. The molecule has 1 N–H and O–H groups in total. The largest absolute Gasteiger partial charge is 0.481 e. The lowest BCUT2D eigenvalue weighted by Crippen LogP contribution is -2.48. The number of aromatic nitrogens is 1. The summed E-state index contributed by atoms with van der Waals surface area (Å²) < 4.78 is 5.15. The molecule has 0 bridgehead atoms. The minimum Gasteiger partial charge on any atom is -0.481 e. The Kier molecular flexibility index (Phi) is 4.34. The number of piperazine rings is 1. The summed E-state index contributed by atoms with van der Waals surface area (Å²) in [6.07, 6.45) is 2.87. The van der Waals surface area contributed by atoms with Gasteiger partial charge >= 0.3 is 0 Å². The number of rotatable bonds is 4. The van der Waals surface area contributed by atoms with Gasteiger partial charge < -0.3 is 10.1 Å². The number of hydrogen-bond donors (Lipinski definition) is 1. The van der Waals surface area contributed by atoms with Gasteiger partial charge in [0, 0.05) is 44.5 Å². The molecule has 1 aromatic heterocycles. The summed E-state index contributed by atoms with van der Waals surface area (Å²) in [5, 5.41) is 3.38. The van der Waals surface area contributed by atoms with Crippen LogP contribution in [0, 0.1) is 0 Å². The molecule has 17 heavy (non-hydrogen) atoms. The summed E-state index contributed by atoms with van der Waals surface area (Å²) in [4.78, 5) is 6.66. The van der Waals surface area contributed by atoms with E-state index in [2.05, 4.69) is 28.2 Å². The van der Waals surface area contributed by atoms with Crippen molar-refractivity contribution in [2.24, 2.45) is 0 Å². The molecule has 1 fully saturated rings. The van der Waals surface area contributed by atoms with Crippen LogP contribution in [-0.2, 0) is 6.42 Å². The maximum absolute atomic E-state index is 5.15. The number of methoxy groups -OCH3 is 1. The molecule has 0 aliphatic carbocycles. The standard InChI is InChI=1S/C13H21N3O/c1-11(16-7-5-14-6-8-16)9-12-3-4-15-13(10-12)17-2/h3-4,10-11,14H,5-9H2,1-2H3. The predicted octanol–water partition coefficient (Wildman–Crippen LogP) is 0.926. The van der Waals surface area contributed by atoms with Gasteiger partial charge in [-0.05, 0) is 25.0 Å². The first-order valence-corrected chi connectivity index (χ1v) is 6.23. The van der Waals surface area contributed by atoms with Crippen molar-refractivity contribution in [2.75, 3.05) is 33.3 Å². The van der Waals surface area contributed by atoms with Gasteiger partial charge in [0.05, 0.1) is 7.11 Å². The van der Waals surface area contributed by atoms with Gasteiger partial charge in [0.1, 0.15) is 0 Å². The first kappa shape index (κ1) is 12.3. The Labute approximate surface area is 103 Å². The van der Waals surface area contributed by atoms with E-state index in [0.717, 1.165) is 32.6 Å². The monoisotopic (exact) mass is 235 g/mol. The van der Waals surface area contributed by atoms with Crippen LogP contribution < -0.4 is 10.1 Å². The second-order valence-electron chi connectivity index (χ2n) is 4.55. The van der Waals surface area contributed by atoms with Crippen molar-refractivity contribution < 1.29 is 4.74 Å². The maximum atomic E-state index is 5.15. The molecule has 2 rings (SSSR count). The van der Waals surface area contributed by atoms with Crippen LogP contribution >= 0.6 is 0 Å². The highest BCUT2D eigenvalue weighted by Gasteiger charge is 2.16. The minimum absolute atomic E-state index is 0.573. The van der Waals surface area contributed by atoms with E-state index in [-0.39, 0.29) is 0 Å². The van der Waals surface area contributed by atoms with Crippen molar-refractivity contribution in [3.8, 4) is 5.88 Å². The van der Waals surface area contributed by atoms with E-state index in [0.29, 0.717) is 11.9 Å². The summed E-state index contributed by atoms with van der Waals surface area (Å²) >= 11 is 0. The van der Waals surface area contributed by atoms with Crippen molar-refractivity contribution in [3.63, 3.8) is 0 Å². The van der Waals surface area contributed by atoms with Crippen LogP contribution in [-0.4, -0.2) is 49.2 Å². The Bertz CT molecular complexity index is 350. The second-order valence-corrected chi connectivity index (χ2v) is 4.55. The lowest BCUT2D eigenvalue weighted by molar-refractivity contribution is 0.183. The third-order valence-corrected chi connectivity index (χ3v) is 3.31. The third-order valence-electron chi connectivity index (χ3n) is 3.31. The lowest BCUT2D eigenvalue weighted by Gasteiger charge is -2.32. The SMILES string of the molecule is COc1cc(CC(C)N2CCNCC2)ccn1. The van der Waals surface area contributed by atoms with Gasteiger partial charge in [-0.1, -0.05) is 0 Å². The smallest absolute Gasteiger partial charge is 0.213 e. The van der Waals surface area contributed by atoms with Crippen LogP contribution in [0.3, 0.4) is 0 Å². The van der Waals surface area contributed by atoms with Gasteiger partial charge in [0.2, 0.25) is 5.88 Å². The summed E-state index contributed by atoms with van der Waals surface area (Å²) in [6.45, 7) is 6.78. The second kappa shape index (κ2) is 5.98. The Morgan fingerprint density at radius 2 is 2.24 bits per heavy atom. The van der Waals surface area contributed by atoms with Crippen molar-refractivity contribution in [3.05, 3.63) is 23.9 Å². The van der Waals surface area contributed by atoms with Gasteiger partial charge in [-0.2, -0.15) is 0 Å². The van der Waals surface area contributed by atoms with E-state index in [4.69, 9.17) is 4.74 Å². The Morgan fingerprint density at radius 1 is 1.47 bits per heavy atom. The molecule has 1 aliphatic rings. The van der Waals surface area contributed by atoms with Crippen molar-refractivity contribution in [1.29, 1.82) is 0 Å². The first-order chi connectivity index (χ1) is 8.29. The molecule has 0 aromatic carbocycles. The average molecular weight is 235 g/mol. The number of ether oxygens (including phenoxy) is 1. The fraction of sp³-hybridized carbons (Fsp3) is 0.615. The summed E-state index contributed by atoms with van der Waals surface area (Å²) in [7, 11) is 1.66. The molecule has 1 atom stereocenters. The Hall–Kier alpha value is -1.13. The number of pyridine rings is 1. The van der Waals surface area contributed by atoms with E-state index in [1.54, 1.807) is 7.11 Å². The zero-order chi connectivity index (χ0) is 12.1. The molecule has 0 radical (unpaired) electrons. The van der Waals surface area contributed by atoms with Crippen LogP contribution in [0.25, 0.3) is 0 Å². The van der Waals surface area contributed by atoms with E-state index in [9.17, 15) is 0 Å². The van der Waals surface area contributed by atoms with Gasteiger partial charge in [0.25, 0.3) is 0 Å². The zero-order valence-electron chi connectivity index (χ0n) is 10.6. The molecular formula is C13H21N3O. The molecule has 4 heteroatoms. The van der Waals surface area contributed by atoms with Crippen molar-refractivity contribution >= 4 is 0 Å². The molecule has 0 saturated carbocycles. The molecule has 0 amide bonds. The van der Waals surface area contributed by atoms with Crippen LogP contribution in [0.5, 0.6) is 5.88 Å². The van der Waals surface area contributed by atoms with Gasteiger partial charge in [-0.3, -0.25) is 4.90 Å². The first-order valence-electron chi connectivity index (χ1n) is 6.23. The van der Waals surface area contributed by atoms with Crippen molar-refractivity contribution in [1.82, 2.24) is 15.2 Å². The number of nitrogens with one attached hydrogen (secondary N) is 1. The third kappa shape index (κ3) is 3.41. The van der Waals surface area contributed by atoms with Crippen LogP contribution in [0.15, 0.2) is 18.3 Å². The summed E-state index contributed by atoms with van der Waals surface area (Å²) in [5.41, 5.74) is 1.29. The van der Waals surface area contributed by atoms with Gasteiger partial charge in [-0.25, -0.2) is 4.98 Å². The molecule has 0 spiro atoms. The summed E-state index contributed by atoms with van der Waals surface area (Å²) in [5.74, 6) is 0.704. The van der Waals surface area contributed by atoms with Crippen LogP contribution in [0.2, 0.25) is 0 Å². The molecule has 2 heterocycles. The fourth-order valence-corrected chi connectivity index (χ4v) is 2.28. The fourth-order valence-electron chi connectivity index (χ4n) is 2.28. The average Bonchev–Trinajstić information content (AvgIpc) is 2.40. The quantitative estimate of drug-likeness (QED) is 0.842. The van der Waals surface area contributed by atoms with E-state index in [1.807, 2.05) is 12.3 Å². The molecule has 4 nitrogen and oxygen atoms in total. The van der Waals surface area contributed by atoms with Crippen LogP contribution in [0.4, 0.5) is 0 Å².